The number of amides is 2. The Hall–Kier alpha value is -2.24. The second kappa shape index (κ2) is 9.67. The molecule has 2 aromatic rings. The maximum absolute atomic E-state index is 14.0. The molecule has 2 amide bonds. The lowest BCUT2D eigenvalue weighted by Gasteiger charge is -2.53. The van der Waals surface area contributed by atoms with Crippen molar-refractivity contribution in [2.75, 3.05) is 13.1 Å². The Labute approximate surface area is 213 Å². The fraction of sp³-hybridized carbons (Fsp3) is 0.391. The van der Waals surface area contributed by atoms with Crippen LogP contribution in [-0.4, -0.2) is 71.7 Å². The van der Waals surface area contributed by atoms with Gasteiger partial charge in [-0.25, -0.2) is 12.8 Å². The summed E-state index contributed by atoms with van der Waals surface area (Å²) in [6.45, 7) is 3.23. The first-order valence-electron chi connectivity index (χ1n) is 11.0. The maximum atomic E-state index is 14.0. The quantitative estimate of drug-likeness (QED) is 0.624. The molecule has 0 spiro atoms. The number of benzene rings is 2. The molecule has 35 heavy (non-hydrogen) atoms. The molecular formula is C23H25Cl2FN4O4S. The molecule has 0 aromatic heterocycles. The maximum Gasteiger partial charge on any atom is 0.246 e. The Morgan fingerprint density at radius 1 is 1.06 bits per heavy atom. The fourth-order valence-corrected chi connectivity index (χ4v) is 6.75. The number of nitrogens with two attached hydrogens (primary N) is 1. The third kappa shape index (κ3) is 4.77. The van der Waals surface area contributed by atoms with E-state index in [-0.39, 0.29) is 36.5 Å². The van der Waals surface area contributed by atoms with Crippen LogP contribution in [0.5, 0.6) is 0 Å². The summed E-state index contributed by atoms with van der Waals surface area (Å²) in [6.07, 6.45) is -0.896. The van der Waals surface area contributed by atoms with Gasteiger partial charge >= 0.3 is 0 Å². The predicted molar refractivity (Wildman–Crippen MR) is 130 cm³/mol. The molecule has 0 radical (unpaired) electrons. The molecular weight excluding hydrogens is 518 g/mol. The summed E-state index contributed by atoms with van der Waals surface area (Å²) in [7, 11) is -4.38. The van der Waals surface area contributed by atoms with Crippen molar-refractivity contribution in [3.8, 4) is 0 Å². The number of halogens is 3. The average Bonchev–Trinajstić information content (AvgIpc) is 2.80. The van der Waals surface area contributed by atoms with Gasteiger partial charge in [0.25, 0.3) is 0 Å². The number of rotatable bonds is 5. The number of hydrogen-bond acceptors (Lipinski definition) is 5. The molecule has 8 nitrogen and oxygen atoms in total. The zero-order valence-electron chi connectivity index (χ0n) is 19.1. The van der Waals surface area contributed by atoms with E-state index in [1.54, 1.807) is 29.2 Å². The Morgan fingerprint density at radius 3 is 2.34 bits per heavy atom. The first kappa shape index (κ1) is 25.8. The normalized spacial score (nSPS) is 23.7. The summed E-state index contributed by atoms with van der Waals surface area (Å²) >= 11 is 12.1. The fourth-order valence-electron chi connectivity index (χ4n) is 4.54. The summed E-state index contributed by atoms with van der Waals surface area (Å²) < 4.78 is 42.4. The van der Waals surface area contributed by atoms with E-state index < -0.39 is 44.9 Å². The molecule has 2 aromatic carbocycles. The van der Waals surface area contributed by atoms with Crippen LogP contribution in [0.3, 0.4) is 0 Å². The molecule has 4 rings (SSSR count). The molecule has 2 saturated heterocycles. The molecule has 2 heterocycles. The number of hydrogen-bond donors (Lipinski definition) is 1. The molecule has 12 heteroatoms. The van der Waals surface area contributed by atoms with E-state index >= 15 is 0 Å². The lowest BCUT2D eigenvalue weighted by molar-refractivity contribution is -0.167. The molecule has 2 aliphatic rings. The highest BCUT2D eigenvalue weighted by Crippen LogP contribution is 2.34. The van der Waals surface area contributed by atoms with Crippen molar-refractivity contribution in [1.82, 2.24) is 14.1 Å². The van der Waals surface area contributed by atoms with E-state index in [1.165, 1.54) is 4.90 Å². The van der Waals surface area contributed by atoms with E-state index in [0.717, 1.165) is 28.1 Å². The minimum absolute atomic E-state index is 0.0573. The van der Waals surface area contributed by atoms with Crippen molar-refractivity contribution < 1.29 is 22.4 Å². The minimum Gasteiger partial charge on any atom is -0.335 e. The lowest BCUT2D eigenvalue weighted by Crippen LogP contribution is -2.75. The van der Waals surface area contributed by atoms with Gasteiger partial charge < -0.3 is 15.5 Å². The van der Waals surface area contributed by atoms with Gasteiger partial charge in [0.15, 0.2) is 0 Å². The highest BCUT2D eigenvalue weighted by molar-refractivity contribution is 7.89. The smallest absolute Gasteiger partial charge is 0.246 e. The van der Waals surface area contributed by atoms with Crippen LogP contribution in [0, 0.1) is 5.82 Å². The van der Waals surface area contributed by atoms with Crippen LogP contribution in [0.2, 0.25) is 10.0 Å². The van der Waals surface area contributed by atoms with Gasteiger partial charge in [0.2, 0.25) is 21.8 Å². The van der Waals surface area contributed by atoms with Gasteiger partial charge in [-0.2, -0.15) is 4.31 Å². The summed E-state index contributed by atoms with van der Waals surface area (Å²) in [5.74, 6) is -1.61. The van der Waals surface area contributed by atoms with Crippen LogP contribution in [0.4, 0.5) is 4.39 Å². The number of fused-ring (bicyclic) bond motifs is 1. The number of sulfonamides is 1. The zero-order chi connectivity index (χ0) is 25.7. The topological polar surface area (TPSA) is 104 Å². The Morgan fingerprint density at radius 2 is 1.71 bits per heavy atom. The van der Waals surface area contributed by atoms with Crippen LogP contribution >= 0.6 is 23.2 Å². The molecule has 188 valence electrons. The molecule has 2 aliphatic heterocycles. The second-order valence-electron chi connectivity index (χ2n) is 8.91. The first-order valence-corrected chi connectivity index (χ1v) is 13.2. The van der Waals surface area contributed by atoms with Crippen molar-refractivity contribution in [3.63, 3.8) is 0 Å². The third-order valence-corrected chi connectivity index (χ3v) is 8.91. The molecule has 3 unspecified atom stereocenters. The van der Waals surface area contributed by atoms with Crippen LogP contribution in [-0.2, 0) is 26.0 Å². The van der Waals surface area contributed by atoms with Crippen LogP contribution < -0.4 is 5.73 Å². The number of carbonyl (C=O) groups excluding carboxylic acids is 2. The van der Waals surface area contributed by atoms with Crippen molar-refractivity contribution in [3.05, 3.63) is 63.9 Å². The zero-order valence-corrected chi connectivity index (χ0v) is 21.4. The number of nitrogens with zero attached hydrogens (tertiary/aromatic N) is 3. The second-order valence-corrected chi connectivity index (χ2v) is 11.6. The van der Waals surface area contributed by atoms with Gasteiger partial charge in [-0.3, -0.25) is 9.59 Å². The van der Waals surface area contributed by atoms with E-state index in [1.807, 2.05) is 13.8 Å². The van der Waals surface area contributed by atoms with Crippen molar-refractivity contribution in [1.29, 1.82) is 0 Å². The third-order valence-electron chi connectivity index (χ3n) is 6.31. The molecule has 2 fully saturated rings. The van der Waals surface area contributed by atoms with Gasteiger partial charge in [0, 0.05) is 24.0 Å². The molecule has 2 N–H and O–H groups in total. The van der Waals surface area contributed by atoms with Crippen molar-refractivity contribution in [2.24, 2.45) is 5.73 Å². The largest absolute Gasteiger partial charge is 0.335 e. The Bertz CT molecular complexity index is 1260. The Balaban J connectivity index is 1.81. The molecule has 0 saturated carbocycles. The molecule has 3 atom stereocenters. The highest BCUT2D eigenvalue weighted by Gasteiger charge is 2.53. The summed E-state index contributed by atoms with van der Waals surface area (Å²) in [4.78, 5) is 29.1. The van der Waals surface area contributed by atoms with E-state index in [9.17, 15) is 22.4 Å². The monoisotopic (exact) mass is 542 g/mol. The standard InChI is InChI=1S/C23H25Cl2FN4O4S/c1-13(2)28-12-21-29(35(33,34)20-10-16(26)7-8-17(20)25)11-18(27)22(31)30(21)19(23(28)32)9-14-3-5-15(24)6-4-14/h3-8,10,13,18-19,21H,9,11-12,27H2,1-2H3. The van der Waals surface area contributed by atoms with Gasteiger partial charge in [-0.05, 0) is 49.7 Å². The highest BCUT2D eigenvalue weighted by atomic mass is 35.5. The van der Waals surface area contributed by atoms with Crippen LogP contribution in [0.25, 0.3) is 0 Å². The van der Waals surface area contributed by atoms with Crippen LogP contribution in [0.1, 0.15) is 19.4 Å². The van der Waals surface area contributed by atoms with Crippen molar-refractivity contribution >= 4 is 45.0 Å². The summed E-state index contributed by atoms with van der Waals surface area (Å²) in [6, 6.07) is 7.43. The number of piperazine rings is 1. The summed E-state index contributed by atoms with van der Waals surface area (Å²) in [5, 5.41) is 0.361. The van der Waals surface area contributed by atoms with Crippen molar-refractivity contribution in [2.45, 2.75) is 49.5 Å². The predicted octanol–water partition coefficient (Wildman–Crippen LogP) is 2.48. The average molecular weight is 543 g/mol. The Kier molecular flexibility index (Phi) is 7.14. The minimum atomic E-state index is -4.38. The molecule has 0 bridgehead atoms. The van der Waals surface area contributed by atoms with Gasteiger partial charge in [0.1, 0.15) is 22.9 Å². The van der Waals surface area contributed by atoms with Gasteiger partial charge in [0.05, 0.1) is 17.6 Å². The molecule has 0 aliphatic carbocycles. The van der Waals surface area contributed by atoms with E-state index in [2.05, 4.69) is 0 Å². The lowest BCUT2D eigenvalue weighted by atomic mass is 9.96. The first-order chi connectivity index (χ1) is 16.4. The van der Waals surface area contributed by atoms with Gasteiger partial charge in [-0.1, -0.05) is 35.3 Å². The van der Waals surface area contributed by atoms with E-state index in [4.69, 9.17) is 28.9 Å². The SMILES string of the molecule is CC(C)N1CC2N(C(=O)C(N)CN2S(=O)(=O)c2cc(F)ccc2Cl)C(Cc2ccc(Cl)cc2)C1=O. The summed E-state index contributed by atoms with van der Waals surface area (Å²) in [5.41, 5.74) is 6.83. The van der Waals surface area contributed by atoms with Gasteiger partial charge in [-0.15, -0.1) is 0 Å². The number of carbonyl (C=O) groups is 2. The van der Waals surface area contributed by atoms with E-state index in [0.29, 0.717) is 5.02 Å². The van der Waals surface area contributed by atoms with Crippen LogP contribution in [0.15, 0.2) is 47.4 Å².